The van der Waals surface area contributed by atoms with Gasteiger partial charge in [0, 0.05) is 30.9 Å². The number of hydrogen-bond acceptors (Lipinski definition) is 3. The molecule has 2 rings (SSSR count). The summed E-state index contributed by atoms with van der Waals surface area (Å²) in [6, 6.07) is 8.55. The van der Waals surface area contributed by atoms with Crippen molar-refractivity contribution in [1.29, 1.82) is 0 Å². The van der Waals surface area contributed by atoms with Gasteiger partial charge in [-0.1, -0.05) is 6.07 Å². The number of hydrogen-bond donors (Lipinski definition) is 2. The van der Waals surface area contributed by atoms with Crippen LogP contribution in [0.15, 0.2) is 42.6 Å². The number of urea groups is 1. The third-order valence-electron chi connectivity index (χ3n) is 2.94. The van der Waals surface area contributed by atoms with E-state index in [1.165, 1.54) is 6.07 Å². The van der Waals surface area contributed by atoms with Gasteiger partial charge in [-0.3, -0.25) is 4.98 Å². The van der Waals surface area contributed by atoms with E-state index in [9.17, 15) is 13.6 Å². The van der Waals surface area contributed by atoms with Crippen LogP contribution >= 0.6 is 0 Å². The highest BCUT2D eigenvalue weighted by Gasteiger charge is 2.04. The third kappa shape index (κ3) is 5.90. The Hall–Kier alpha value is -2.70. The van der Waals surface area contributed by atoms with E-state index in [4.69, 9.17) is 4.74 Å². The maximum absolute atomic E-state index is 13.0. The molecule has 0 fully saturated rings. The number of nitrogens with one attached hydrogen (secondary N) is 2. The van der Waals surface area contributed by atoms with Crippen molar-refractivity contribution in [1.82, 2.24) is 15.6 Å². The van der Waals surface area contributed by atoms with Crippen LogP contribution in [0.1, 0.15) is 5.69 Å². The number of benzene rings is 1. The molecule has 0 saturated heterocycles. The lowest BCUT2D eigenvalue weighted by Gasteiger charge is -2.09. The summed E-state index contributed by atoms with van der Waals surface area (Å²) >= 11 is 0. The summed E-state index contributed by atoms with van der Waals surface area (Å²) in [5, 5.41) is 5.29. The quantitative estimate of drug-likeness (QED) is 0.769. The van der Waals surface area contributed by atoms with E-state index in [-0.39, 0.29) is 24.9 Å². The Labute approximate surface area is 132 Å². The van der Waals surface area contributed by atoms with Gasteiger partial charge in [0.05, 0.1) is 6.54 Å². The highest BCUT2D eigenvalue weighted by Crippen LogP contribution is 2.14. The van der Waals surface area contributed by atoms with Crippen molar-refractivity contribution in [2.45, 2.75) is 6.42 Å². The number of halogens is 2. The van der Waals surface area contributed by atoms with Crippen LogP contribution in [0, 0.1) is 11.6 Å². The molecule has 2 aromatic rings. The number of nitrogens with zero attached hydrogens (tertiary/aromatic N) is 1. The molecule has 0 atom stereocenters. The second-order valence-electron chi connectivity index (χ2n) is 4.68. The highest BCUT2D eigenvalue weighted by atomic mass is 19.2. The Balaban J connectivity index is 1.58. The van der Waals surface area contributed by atoms with Gasteiger partial charge >= 0.3 is 6.03 Å². The van der Waals surface area contributed by atoms with Crippen LogP contribution in [-0.4, -0.2) is 30.7 Å². The average molecular weight is 321 g/mol. The first kappa shape index (κ1) is 16.7. The summed E-state index contributed by atoms with van der Waals surface area (Å²) in [5.74, 6) is -1.69. The van der Waals surface area contributed by atoms with Crippen LogP contribution in [0.4, 0.5) is 13.6 Å². The van der Waals surface area contributed by atoms with E-state index in [0.717, 1.165) is 17.8 Å². The average Bonchev–Trinajstić information content (AvgIpc) is 2.56. The molecule has 0 aliphatic heterocycles. The summed E-state index contributed by atoms with van der Waals surface area (Å²) in [5.41, 5.74) is 0.898. The number of pyridine rings is 1. The normalized spacial score (nSPS) is 10.2. The molecule has 0 radical (unpaired) electrons. The molecule has 1 heterocycles. The van der Waals surface area contributed by atoms with Crippen LogP contribution in [0.25, 0.3) is 0 Å². The largest absolute Gasteiger partial charge is 0.492 e. The smallest absolute Gasteiger partial charge is 0.314 e. The molecule has 0 aliphatic carbocycles. The third-order valence-corrected chi connectivity index (χ3v) is 2.94. The summed E-state index contributed by atoms with van der Waals surface area (Å²) in [6.07, 6.45) is 2.34. The Morgan fingerprint density at radius 2 is 1.91 bits per heavy atom. The Morgan fingerprint density at radius 3 is 2.65 bits per heavy atom. The predicted molar refractivity (Wildman–Crippen MR) is 81.2 cm³/mol. The molecule has 122 valence electrons. The van der Waals surface area contributed by atoms with Crippen molar-refractivity contribution in [3.8, 4) is 5.75 Å². The van der Waals surface area contributed by atoms with Crippen LogP contribution in [0.5, 0.6) is 5.75 Å². The molecular formula is C16H17F2N3O2. The lowest BCUT2D eigenvalue weighted by atomic mass is 10.3. The topological polar surface area (TPSA) is 63.2 Å². The maximum atomic E-state index is 13.0. The van der Waals surface area contributed by atoms with Crippen LogP contribution < -0.4 is 15.4 Å². The first-order chi connectivity index (χ1) is 11.1. The van der Waals surface area contributed by atoms with Crippen LogP contribution in [-0.2, 0) is 6.42 Å². The van der Waals surface area contributed by atoms with Gasteiger partial charge in [-0.15, -0.1) is 0 Å². The number of amides is 2. The Kier molecular flexibility index (Phi) is 6.28. The molecule has 0 saturated carbocycles. The second-order valence-corrected chi connectivity index (χ2v) is 4.68. The molecule has 0 bridgehead atoms. The number of rotatable bonds is 7. The van der Waals surface area contributed by atoms with Gasteiger partial charge in [-0.05, 0) is 24.3 Å². The lowest BCUT2D eigenvalue weighted by molar-refractivity contribution is 0.236. The van der Waals surface area contributed by atoms with E-state index in [1.54, 1.807) is 6.20 Å². The fourth-order valence-corrected chi connectivity index (χ4v) is 1.81. The van der Waals surface area contributed by atoms with Crippen molar-refractivity contribution < 1.29 is 18.3 Å². The minimum atomic E-state index is -0.970. The molecule has 0 aliphatic rings. The van der Waals surface area contributed by atoms with Crippen molar-refractivity contribution in [2.75, 3.05) is 19.7 Å². The molecule has 1 aromatic carbocycles. The van der Waals surface area contributed by atoms with Gasteiger partial charge in [-0.2, -0.15) is 0 Å². The van der Waals surface area contributed by atoms with Crippen molar-refractivity contribution >= 4 is 6.03 Å². The van der Waals surface area contributed by atoms with E-state index in [2.05, 4.69) is 15.6 Å². The fourth-order valence-electron chi connectivity index (χ4n) is 1.81. The zero-order valence-corrected chi connectivity index (χ0v) is 12.4. The zero-order valence-electron chi connectivity index (χ0n) is 12.4. The van der Waals surface area contributed by atoms with Crippen LogP contribution in [0.3, 0.4) is 0 Å². The maximum Gasteiger partial charge on any atom is 0.314 e. The molecule has 0 unspecified atom stereocenters. The standard InChI is InChI=1S/C16H17F2N3O2/c17-14-5-4-13(11-15(14)18)23-10-9-21-16(22)20-8-6-12-3-1-2-7-19-12/h1-5,7,11H,6,8-10H2,(H2,20,21,22). The minimum absolute atomic E-state index is 0.152. The van der Waals surface area contributed by atoms with Gasteiger partial charge in [0.1, 0.15) is 12.4 Å². The molecule has 7 heteroatoms. The van der Waals surface area contributed by atoms with Crippen molar-refractivity contribution in [3.05, 3.63) is 59.9 Å². The van der Waals surface area contributed by atoms with E-state index in [1.807, 2.05) is 18.2 Å². The van der Waals surface area contributed by atoms with Gasteiger partial charge in [0.15, 0.2) is 11.6 Å². The summed E-state index contributed by atoms with van der Waals surface area (Å²) in [4.78, 5) is 15.7. The van der Waals surface area contributed by atoms with Crippen LogP contribution in [0.2, 0.25) is 0 Å². The molecule has 5 nitrogen and oxygen atoms in total. The van der Waals surface area contributed by atoms with E-state index in [0.29, 0.717) is 13.0 Å². The van der Waals surface area contributed by atoms with E-state index < -0.39 is 11.6 Å². The van der Waals surface area contributed by atoms with Crippen molar-refractivity contribution in [2.24, 2.45) is 0 Å². The molecular weight excluding hydrogens is 304 g/mol. The zero-order chi connectivity index (χ0) is 16.5. The number of carbonyl (C=O) groups excluding carboxylic acids is 1. The summed E-state index contributed by atoms with van der Waals surface area (Å²) in [7, 11) is 0. The Morgan fingerprint density at radius 1 is 1.09 bits per heavy atom. The van der Waals surface area contributed by atoms with Gasteiger partial charge in [0.25, 0.3) is 0 Å². The second kappa shape index (κ2) is 8.67. The van der Waals surface area contributed by atoms with Gasteiger partial charge < -0.3 is 15.4 Å². The fraction of sp³-hybridized carbons (Fsp3) is 0.250. The monoisotopic (exact) mass is 321 g/mol. The Bertz CT molecular complexity index is 638. The lowest BCUT2D eigenvalue weighted by Crippen LogP contribution is -2.38. The molecule has 1 aromatic heterocycles. The molecule has 2 amide bonds. The molecule has 23 heavy (non-hydrogen) atoms. The van der Waals surface area contributed by atoms with Crippen molar-refractivity contribution in [3.63, 3.8) is 0 Å². The number of carbonyl (C=O) groups is 1. The minimum Gasteiger partial charge on any atom is -0.492 e. The predicted octanol–water partition coefficient (Wildman–Crippen LogP) is 2.28. The number of aromatic nitrogens is 1. The van der Waals surface area contributed by atoms with Gasteiger partial charge in [-0.25, -0.2) is 13.6 Å². The van der Waals surface area contributed by atoms with E-state index >= 15 is 0 Å². The SMILES string of the molecule is O=C(NCCOc1ccc(F)c(F)c1)NCCc1ccccn1. The summed E-state index contributed by atoms with van der Waals surface area (Å²) < 4.78 is 30.9. The number of ether oxygens (including phenoxy) is 1. The highest BCUT2D eigenvalue weighted by molar-refractivity contribution is 5.73. The van der Waals surface area contributed by atoms with Gasteiger partial charge in [0.2, 0.25) is 0 Å². The molecule has 2 N–H and O–H groups in total. The summed E-state index contributed by atoms with van der Waals surface area (Å²) in [6.45, 7) is 0.861. The molecule has 0 spiro atoms. The first-order valence-corrected chi connectivity index (χ1v) is 7.14. The first-order valence-electron chi connectivity index (χ1n) is 7.14.